The molecule has 11 heteroatoms. The van der Waals surface area contributed by atoms with Crippen molar-refractivity contribution in [3.8, 4) is 0 Å². The molecule has 0 saturated carbocycles. The van der Waals surface area contributed by atoms with Crippen molar-refractivity contribution in [3.05, 3.63) is 60.8 Å². The number of esters is 2. The third-order valence-corrected chi connectivity index (χ3v) is 9.06. The molecule has 0 rings (SSSR count). The summed E-state index contributed by atoms with van der Waals surface area (Å²) in [5, 5.41) is 9.46. The topological polar surface area (TPSA) is 155 Å². The molecule has 0 bridgehead atoms. The quantitative estimate of drug-likeness (QED) is 0.0185. The smallest absolute Gasteiger partial charge is 0.462 e. The molecule has 0 aliphatic heterocycles. The predicted molar refractivity (Wildman–Crippen MR) is 212 cm³/mol. The Balaban J connectivity index is 4.34. The highest BCUT2D eigenvalue weighted by molar-refractivity contribution is 7.47. The van der Waals surface area contributed by atoms with Gasteiger partial charge in [0.1, 0.15) is 6.61 Å². The number of aliphatic hydroxyl groups excluding tert-OH is 1. The zero-order valence-electron chi connectivity index (χ0n) is 32.4. The van der Waals surface area contributed by atoms with Gasteiger partial charge in [-0.25, -0.2) is 4.57 Å². The molecule has 0 aliphatic carbocycles. The molecule has 0 saturated heterocycles. The van der Waals surface area contributed by atoms with E-state index in [1.54, 1.807) is 6.08 Å². The van der Waals surface area contributed by atoms with E-state index in [4.69, 9.17) is 24.3 Å². The van der Waals surface area contributed by atoms with E-state index < -0.39 is 32.5 Å². The van der Waals surface area contributed by atoms with E-state index in [9.17, 15) is 24.2 Å². The van der Waals surface area contributed by atoms with Gasteiger partial charge in [0.15, 0.2) is 6.10 Å². The van der Waals surface area contributed by atoms with Crippen molar-refractivity contribution in [2.24, 2.45) is 5.73 Å². The fourth-order valence-corrected chi connectivity index (χ4v) is 5.74. The van der Waals surface area contributed by atoms with Gasteiger partial charge >= 0.3 is 19.8 Å². The maximum absolute atomic E-state index is 12.5. The number of rotatable bonds is 36. The molecule has 0 spiro atoms. The molecule has 0 aromatic carbocycles. The lowest BCUT2D eigenvalue weighted by molar-refractivity contribution is -0.161. The van der Waals surface area contributed by atoms with Gasteiger partial charge in [0, 0.05) is 19.4 Å². The van der Waals surface area contributed by atoms with Crippen LogP contribution in [0, 0.1) is 0 Å². The number of aliphatic hydroxyl groups is 1. The SMILES string of the molecule is CCCCCCCCCCCCCCCC(=O)OC[C@H](COP(=O)(O)OCCN)OC(=O)CCC/C=C\C/C=C\C/C=C\C/C=C\C=C\[C@H](O)CC. The van der Waals surface area contributed by atoms with Crippen LogP contribution >= 0.6 is 7.82 Å². The third-order valence-electron chi connectivity index (χ3n) is 8.08. The lowest BCUT2D eigenvalue weighted by Gasteiger charge is -2.19. The van der Waals surface area contributed by atoms with E-state index in [-0.39, 0.29) is 38.7 Å². The van der Waals surface area contributed by atoms with Crippen molar-refractivity contribution in [1.82, 2.24) is 0 Å². The Hall–Kier alpha value is -2.33. The summed E-state index contributed by atoms with van der Waals surface area (Å²) in [6, 6.07) is 0. The second-order valence-electron chi connectivity index (χ2n) is 13.0. The second kappa shape index (κ2) is 37.0. The number of allylic oxidation sites excluding steroid dienone is 9. The molecule has 0 radical (unpaired) electrons. The number of carbonyl (C=O) groups excluding carboxylic acids is 2. The first-order chi connectivity index (χ1) is 25.2. The second-order valence-corrected chi connectivity index (χ2v) is 14.4. The van der Waals surface area contributed by atoms with Gasteiger partial charge in [-0.1, -0.05) is 152 Å². The fraction of sp³-hybridized carbons (Fsp3) is 0.707. The van der Waals surface area contributed by atoms with Gasteiger partial charge in [0.25, 0.3) is 0 Å². The summed E-state index contributed by atoms with van der Waals surface area (Å²) in [4.78, 5) is 34.7. The van der Waals surface area contributed by atoms with Gasteiger partial charge in [-0.05, 0) is 44.9 Å². The average Bonchev–Trinajstić information content (AvgIpc) is 3.13. The van der Waals surface area contributed by atoms with Crippen LogP contribution in [0.1, 0.15) is 149 Å². The molecule has 3 atom stereocenters. The third kappa shape index (κ3) is 36.0. The first-order valence-electron chi connectivity index (χ1n) is 19.9. The van der Waals surface area contributed by atoms with Crippen LogP contribution < -0.4 is 5.73 Å². The highest BCUT2D eigenvalue weighted by Crippen LogP contribution is 2.43. The number of unbranched alkanes of at least 4 members (excludes halogenated alkanes) is 13. The summed E-state index contributed by atoms with van der Waals surface area (Å²) in [7, 11) is -4.40. The fourth-order valence-electron chi connectivity index (χ4n) is 4.97. The lowest BCUT2D eigenvalue weighted by Crippen LogP contribution is -2.29. The summed E-state index contributed by atoms with van der Waals surface area (Å²) in [6.45, 7) is 3.30. The number of phosphoric acid groups is 1. The zero-order chi connectivity index (χ0) is 38.4. The monoisotopic (exact) mass is 753 g/mol. The summed E-state index contributed by atoms with van der Waals surface area (Å²) in [5.74, 6) is -0.919. The summed E-state index contributed by atoms with van der Waals surface area (Å²) < 4.78 is 32.6. The van der Waals surface area contributed by atoms with E-state index in [0.29, 0.717) is 19.3 Å². The molecular formula is C41H72NO9P. The van der Waals surface area contributed by atoms with Gasteiger partial charge in [0.2, 0.25) is 0 Å². The van der Waals surface area contributed by atoms with Crippen molar-refractivity contribution in [1.29, 1.82) is 0 Å². The van der Waals surface area contributed by atoms with E-state index >= 15 is 0 Å². The maximum Gasteiger partial charge on any atom is 0.472 e. The Morgan fingerprint density at radius 3 is 1.79 bits per heavy atom. The molecule has 0 fully saturated rings. The molecule has 0 amide bonds. The summed E-state index contributed by atoms with van der Waals surface area (Å²) in [6.07, 6.45) is 39.2. The zero-order valence-corrected chi connectivity index (χ0v) is 33.3. The molecular weight excluding hydrogens is 681 g/mol. The van der Waals surface area contributed by atoms with E-state index in [0.717, 1.165) is 38.5 Å². The van der Waals surface area contributed by atoms with Crippen molar-refractivity contribution < 1.29 is 42.7 Å². The van der Waals surface area contributed by atoms with Crippen LogP contribution in [0.5, 0.6) is 0 Å². The number of hydrogen-bond acceptors (Lipinski definition) is 9. The van der Waals surface area contributed by atoms with Gasteiger partial charge in [0.05, 0.1) is 19.3 Å². The van der Waals surface area contributed by atoms with Gasteiger partial charge in [-0.15, -0.1) is 0 Å². The van der Waals surface area contributed by atoms with E-state index in [1.165, 1.54) is 64.2 Å². The summed E-state index contributed by atoms with van der Waals surface area (Å²) >= 11 is 0. The average molecular weight is 754 g/mol. The van der Waals surface area contributed by atoms with Gasteiger partial charge < -0.3 is 25.2 Å². The van der Waals surface area contributed by atoms with Gasteiger partial charge in [-0.3, -0.25) is 18.6 Å². The Morgan fingerprint density at radius 1 is 0.673 bits per heavy atom. The van der Waals surface area contributed by atoms with Crippen LogP contribution in [0.3, 0.4) is 0 Å². The van der Waals surface area contributed by atoms with Crippen molar-refractivity contribution in [2.45, 2.75) is 161 Å². The minimum Gasteiger partial charge on any atom is -0.462 e. The Bertz CT molecular complexity index is 1060. The minimum atomic E-state index is -4.40. The molecule has 0 aliphatic rings. The lowest BCUT2D eigenvalue weighted by atomic mass is 10.0. The van der Waals surface area contributed by atoms with Crippen molar-refractivity contribution >= 4 is 19.8 Å². The summed E-state index contributed by atoms with van der Waals surface area (Å²) in [5.41, 5.74) is 5.33. The van der Waals surface area contributed by atoms with Crippen LogP contribution in [0.25, 0.3) is 0 Å². The Kier molecular flexibility index (Phi) is 35.3. The molecule has 1 unspecified atom stereocenters. The first kappa shape index (κ1) is 49.7. The molecule has 52 heavy (non-hydrogen) atoms. The number of nitrogens with two attached hydrogens (primary N) is 1. The van der Waals surface area contributed by atoms with Crippen molar-refractivity contribution in [2.75, 3.05) is 26.4 Å². The first-order valence-corrected chi connectivity index (χ1v) is 21.4. The number of ether oxygens (including phenoxy) is 2. The molecule has 300 valence electrons. The predicted octanol–water partition coefficient (Wildman–Crippen LogP) is 9.91. The van der Waals surface area contributed by atoms with Crippen LogP contribution in [0.4, 0.5) is 0 Å². The minimum absolute atomic E-state index is 0.0366. The van der Waals surface area contributed by atoms with Crippen LogP contribution in [0.2, 0.25) is 0 Å². The Morgan fingerprint density at radius 2 is 1.21 bits per heavy atom. The highest BCUT2D eigenvalue weighted by atomic mass is 31.2. The highest BCUT2D eigenvalue weighted by Gasteiger charge is 2.25. The number of phosphoric ester groups is 1. The van der Waals surface area contributed by atoms with Crippen LogP contribution in [0.15, 0.2) is 60.8 Å². The standard InChI is InChI=1S/C41H72NO9P/c1-3-5-6-7-8-9-10-13-17-20-23-26-29-32-40(44)48-36-39(37-50-52(46,47)49-35-34-42)51-41(45)33-30-27-24-21-18-15-12-11-14-16-19-22-25-28-31-38(43)4-2/h12,14-16,21-22,24-25,28,31,38-39,43H,3-11,13,17-20,23,26-27,29-30,32-37,42H2,1-2H3,(H,46,47)/b15-12-,16-14-,24-21-,25-22-,31-28+/t38-,39-/m1/s1. The molecule has 0 aromatic rings. The molecule has 0 aromatic heterocycles. The Labute approximate surface area is 315 Å². The largest absolute Gasteiger partial charge is 0.472 e. The van der Waals surface area contributed by atoms with Crippen LogP contribution in [-0.4, -0.2) is 60.5 Å². The van der Waals surface area contributed by atoms with Gasteiger partial charge in [-0.2, -0.15) is 0 Å². The van der Waals surface area contributed by atoms with E-state index in [1.807, 2.05) is 37.3 Å². The number of carbonyl (C=O) groups is 2. The molecule has 4 N–H and O–H groups in total. The van der Waals surface area contributed by atoms with E-state index in [2.05, 4.69) is 31.2 Å². The van der Waals surface area contributed by atoms with Crippen LogP contribution in [-0.2, 0) is 32.7 Å². The maximum atomic E-state index is 12.5. The van der Waals surface area contributed by atoms with Crippen molar-refractivity contribution in [3.63, 3.8) is 0 Å². The molecule has 10 nitrogen and oxygen atoms in total. The number of hydrogen-bond donors (Lipinski definition) is 3. The molecule has 0 heterocycles. The normalized spacial score (nSPS) is 14.6.